The van der Waals surface area contributed by atoms with Gasteiger partial charge in [-0.1, -0.05) is 0 Å². The normalized spacial score (nSPS) is 11.0. The van der Waals surface area contributed by atoms with Crippen LogP contribution in [0.15, 0.2) is 24.4 Å². The van der Waals surface area contributed by atoms with Gasteiger partial charge < -0.3 is 20.1 Å². The van der Waals surface area contributed by atoms with Gasteiger partial charge >= 0.3 is 0 Å². The lowest BCUT2D eigenvalue weighted by molar-refractivity contribution is 0.395. The highest BCUT2D eigenvalue weighted by atomic mass is 16.5. The predicted molar refractivity (Wildman–Crippen MR) is 93.0 cm³/mol. The fourth-order valence-electron chi connectivity index (χ4n) is 1.98. The average molecular weight is 316 g/mol. The van der Waals surface area contributed by atoms with Gasteiger partial charge in [0.05, 0.1) is 14.2 Å². The van der Waals surface area contributed by atoms with Gasteiger partial charge in [0.25, 0.3) is 0 Å². The molecule has 0 aliphatic rings. The summed E-state index contributed by atoms with van der Waals surface area (Å²) in [6.45, 7) is 8.16. The van der Waals surface area contributed by atoms with Crippen LogP contribution in [0.2, 0.25) is 0 Å². The van der Waals surface area contributed by atoms with Crippen molar-refractivity contribution in [3.05, 3.63) is 30.0 Å². The van der Waals surface area contributed by atoms with Gasteiger partial charge in [-0.05, 0) is 27.7 Å². The molecule has 23 heavy (non-hydrogen) atoms. The highest BCUT2D eigenvalue weighted by molar-refractivity contribution is 5.63. The van der Waals surface area contributed by atoms with Gasteiger partial charge in [-0.2, -0.15) is 4.98 Å². The monoisotopic (exact) mass is 316 g/mol. The van der Waals surface area contributed by atoms with E-state index in [1.807, 2.05) is 25.1 Å². The molecule has 0 bridgehead atoms. The molecule has 0 amide bonds. The SMILES string of the molecule is COc1cc(Nc2nc(NC(C)(C)C)ncc2C)cc(OC)c1. The van der Waals surface area contributed by atoms with E-state index in [0.717, 1.165) is 17.1 Å². The topological polar surface area (TPSA) is 68.3 Å². The molecule has 6 nitrogen and oxygen atoms in total. The Morgan fingerprint density at radius 3 is 2.13 bits per heavy atom. The maximum absolute atomic E-state index is 5.29. The second kappa shape index (κ2) is 6.73. The molecule has 0 aliphatic carbocycles. The summed E-state index contributed by atoms with van der Waals surface area (Å²) in [6, 6.07) is 5.60. The molecule has 2 rings (SSSR count). The molecule has 0 unspecified atom stereocenters. The molecule has 1 heterocycles. The zero-order valence-corrected chi connectivity index (χ0v) is 14.5. The van der Waals surface area contributed by atoms with Crippen molar-refractivity contribution in [2.24, 2.45) is 0 Å². The molecule has 6 heteroatoms. The predicted octanol–water partition coefficient (Wildman–Crippen LogP) is 3.76. The van der Waals surface area contributed by atoms with Crippen molar-refractivity contribution >= 4 is 17.5 Å². The van der Waals surface area contributed by atoms with Crippen molar-refractivity contribution in [2.45, 2.75) is 33.2 Å². The number of benzene rings is 1. The number of hydrogen-bond donors (Lipinski definition) is 2. The Bertz CT molecular complexity index is 659. The van der Waals surface area contributed by atoms with E-state index in [9.17, 15) is 0 Å². The summed E-state index contributed by atoms with van der Waals surface area (Å²) in [5, 5.41) is 6.56. The summed E-state index contributed by atoms with van der Waals surface area (Å²) in [7, 11) is 3.25. The second-order valence-electron chi connectivity index (χ2n) is 6.33. The summed E-state index contributed by atoms with van der Waals surface area (Å²) in [6.07, 6.45) is 1.79. The molecule has 0 saturated heterocycles. The number of ether oxygens (including phenoxy) is 2. The van der Waals surface area contributed by atoms with Crippen molar-refractivity contribution in [2.75, 3.05) is 24.9 Å². The van der Waals surface area contributed by atoms with E-state index < -0.39 is 0 Å². The van der Waals surface area contributed by atoms with Gasteiger partial charge in [-0.25, -0.2) is 4.98 Å². The minimum atomic E-state index is -0.105. The molecular formula is C17H24N4O2. The van der Waals surface area contributed by atoms with Gasteiger partial charge in [0, 0.05) is 41.2 Å². The van der Waals surface area contributed by atoms with E-state index >= 15 is 0 Å². The summed E-state index contributed by atoms with van der Waals surface area (Å²) in [5.74, 6) is 2.75. The molecular weight excluding hydrogens is 292 g/mol. The van der Waals surface area contributed by atoms with Crippen molar-refractivity contribution in [3.8, 4) is 11.5 Å². The fraction of sp³-hybridized carbons (Fsp3) is 0.412. The van der Waals surface area contributed by atoms with Gasteiger partial charge in [-0.3, -0.25) is 0 Å². The van der Waals surface area contributed by atoms with E-state index in [-0.39, 0.29) is 5.54 Å². The first-order valence-electron chi connectivity index (χ1n) is 7.42. The number of rotatable bonds is 5. The summed E-state index contributed by atoms with van der Waals surface area (Å²) in [4.78, 5) is 8.87. The Labute approximate surface area is 137 Å². The first kappa shape index (κ1) is 16.9. The van der Waals surface area contributed by atoms with Gasteiger partial charge in [0.15, 0.2) is 0 Å². The molecule has 1 aromatic heterocycles. The molecule has 0 spiro atoms. The van der Waals surface area contributed by atoms with Crippen LogP contribution in [0.1, 0.15) is 26.3 Å². The Balaban J connectivity index is 2.30. The number of nitrogens with zero attached hydrogens (tertiary/aromatic N) is 2. The third-order valence-electron chi connectivity index (χ3n) is 3.07. The highest BCUT2D eigenvalue weighted by Gasteiger charge is 2.13. The van der Waals surface area contributed by atoms with Crippen LogP contribution in [-0.2, 0) is 0 Å². The molecule has 2 N–H and O–H groups in total. The van der Waals surface area contributed by atoms with Crippen molar-refractivity contribution in [1.29, 1.82) is 0 Å². The molecule has 2 aromatic rings. The van der Waals surface area contributed by atoms with Gasteiger partial charge in [0.1, 0.15) is 17.3 Å². The first-order chi connectivity index (χ1) is 10.8. The smallest absolute Gasteiger partial charge is 0.225 e. The minimum absolute atomic E-state index is 0.105. The molecule has 0 aliphatic heterocycles. The molecule has 0 fully saturated rings. The van der Waals surface area contributed by atoms with Crippen LogP contribution in [0.25, 0.3) is 0 Å². The minimum Gasteiger partial charge on any atom is -0.497 e. The molecule has 124 valence electrons. The largest absolute Gasteiger partial charge is 0.497 e. The maximum Gasteiger partial charge on any atom is 0.225 e. The van der Waals surface area contributed by atoms with E-state index in [4.69, 9.17) is 9.47 Å². The quantitative estimate of drug-likeness (QED) is 0.875. The lowest BCUT2D eigenvalue weighted by Gasteiger charge is -2.21. The van der Waals surface area contributed by atoms with Gasteiger partial charge in [0.2, 0.25) is 5.95 Å². The van der Waals surface area contributed by atoms with Gasteiger partial charge in [-0.15, -0.1) is 0 Å². The van der Waals surface area contributed by atoms with E-state index in [0.29, 0.717) is 17.4 Å². The van der Waals surface area contributed by atoms with Crippen LogP contribution in [0.3, 0.4) is 0 Å². The zero-order chi connectivity index (χ0) is 17.0. The Morgan fingerprint density at radius 1 is 1.00 bits per heavy atom. The third kappa shape index (κ3) is 4.74. The Hall–Kier alpha value is -2.50. The standard InChI is InChI=1S/C17H24N4O2/c1-11-10-18-16(21-17(2,3)4)20-15(11)19-12-7-13(22-5)9-14(8-12)23-6/h7-10H,1-6H3,(H2,18,19,20,21). The molecule has 1 aromatic carbocycles. The van der Waals surface area contributed by atoms with Crippen LogP contribution in [0.4, 0.5) is 17.5 Å². The second-order valence-corrected chi connectivity index (χ2v) is 6.33. The number of aromatic nitrogens is 2. The Morgan fingerprint density at radius 2 is 1.61 bits per heavy atom. The van der Waals surface area contributed by atoms with Crippen LogP contribution >= 0.6 is 0 Å². The van der Waals surface area contributed by atoms with E-state index in [1.165, 1.54) is 0 Å². The number of aryl methyl sites for hydroxylation is 1. The van der Waals surface area contributed by atoms with Crippen molar-refractivity contribution in [1.82, 2.24) is 9.97 Å². The first-order valence-corrected chi connectivity index (χ1v) is 7.42. The van der Waals surface area contributed by atoms with E-state index in [2.05, 4.69) is 41.4 Å². The fourth-order valence-corrected chi connectivity index (χ4v) is 1.98. The number of anilines is 3. The zero-order valence-electron chi connectivity index (χ0n) is 14.5. The summed E-state index contributed by atoms with van der Waals surface area (Å²) < 4.78 is 10.6. The van der Waals surface area contributed by atoms with Crippen LogP contribution in [0.5, 0.6) is 11.5 Å². The molecule has 0 saturated carbocycles. The highest BCUT2D eigenvalue weighted by Crippen LogP contribution is 2.28. The maximum atomic E-state index is 5.29. The average Bonchev–Trinajstić information content (AvgIpc) is 2.48. The lowest BCUT2D eigenvalue weighted by Crippen LogP contribution is -2.27. The lowest BCUT2D eigenvalue weighted by atomic mass is 10.1. The van der Waals surface area contributed by atoms with E-state index in [1.54, 1.807) is 20.4 Å². The van der Waals surface area contributed by atoms with Crippen LogP contribution in [0, 0.1) is 6.92 Å². The molecule has 0 radical (unpaired) electrons. The van der Waals surface area contributed by atoms with Crippen LogP contribution in [-0.4, -0.2) is 29.7 Å². The third-order valence-corrected chi connectivity index (χ3v) is 3.07. The summed E-state index contributed by atoms with van der Waals surface area (Å²) >= 11 is 0. The number of hydrogen-bond acceptors (Lipinski definition) is 6. The van der Waals surface area contributed by atoms with Crippen molar-refractivity contribution in [3.63, 3.8) is 0 Å². The number of methoxy groups -OCH3 is 2. The van der Waals surface area contributed by atoms with Crippen molar-refractivity contribution < 1.29 is 9.47 Å². The van der Waals surface area contributed by atoms with Crippen LogP contribution < -0.4 is 20.1 Å². The number of nitrogens with one attached hydrogen (secondary N) is 2. The summed E-state index contributed by atoms with van der Waals surface area (Å²) in [5.41, 5.74) is 1.68. The molecule has 0 atom stereocenters. The Kier molecular flexibility index (Phi) is 4.93.